The number of benzene rings is 7. The van der Waals surface area contributed by atoms with Crippen LogP contribution in [-0.2, 0) is 0 Å². The second-order valence-corrected chi connectivity index (χ2v) is 13.4. The Bertz CT molecular complexity index is 2870. The molecule has 234 valence electrons. The van der Waals surface area contributed by atoms with Crippen LogP contribution in [0.5, 0.6) is 0 Å². The molecule has 0 saturated heterocycles. The van der Waals surface area contributed by atoms with Crippen molar-refractivity contribution in [2.75, 3.05) is 0 Å². The SMILES string of the molecule is c1ccc(-c2cccc(-c3nc(-c4ccccc4)nc(-c4cccc5c4oc4ccc(-c6cccc7c6sc6ccccc67)cc45)n3)c2)cc1. The lowest BCUT2D eigenvalue weighted by atomic mass is 10.00. The third-order valence-electron chi connectivity index (χ3n) is 9.35. The van der Waals surface area contributed by atoms with Gasteiger partial charge in [-0.05, 0) is 52.6 Å². The van der Waals surface area contributed by atoms with E-state index < -0.39 is 0 Å². The van der Waals surface area contributed by atoms with Crippen molar-refractivity contribution >= 4 is 53.4 Å². The van der Waals surface area contributed by atoms with Crippen molar-refractivity contribution in [1.82, 2.24) is 15.0 Å². The first-order chi connectivity index (χ1) is 24.8. The summed E-state index contributed by atoms with van der Waals surface area (Å²) in [5.41, 5.74) is 8.89. The molecular formula is C45H27N3OS. The fourth-order valence-electron chi connectivity index (χ4n) is 6.93. The van der Waals surface area contributed by atoms with Gasteiger partial charge in [0.2, 0.25) is 0 Å². The highest BCUT2D eigenvalue weighted by molar-refractivity contribution is 7.26. The van der Waals surface area contributed by atoms with E-state index in [2.05, 4.69) is 121 Å². The summed E-state index contributed by atoms with van der Waals surface area (Å²) in [6.07, 6.45) is 0. The molecule has 0 unspecified atom stereocenters. The van der Waals surface area contributed by atoms with Gasteiger partial charge in [0.25, 0.3) is 0 Å². The summed E-state index contributed by atoms with van der Waals surface area (Å²) in [4.78, 5) is 15.1. The van der Waals surface area contributed by atoms with Crippen molar-refractivity contribution in [3.63, 3.8) is 0 Å². The molecule has 5 heteroatoms. The van der Waals surface area contributed by atoms with E-state index in [9.17, 15) is 0 Å². The van der Waals surface area contributed by atoms with Gasteiger partial charge in [-0.3, -0.25) is 0 Å². The predicted octanol–water partition coefficient (Wildman–Crippen LogP) is 12.5. The Kier molecular flexibility index (Phi) is 6.64. The maximum atomic E-state index is 6.63. The number of aromatic nitrogens is 3. The fourth-order valence-corrected chi connectivity index (χ4v) is 8.17. The Hall–Kier alpha value is -6.43. The van der Waals surface area contributed by atoms with Gasteiger partial charge in [-0.1, -0.05) is 133 Å². The van der Waals surface area contributed by atoms with Crippen LogP contribution in [0.3, 0.4) is 0 Å². The van der Waals surface area contributed by atoms with Crippen LogP contribution in [0.4, 0.5) is 0 Å². The summed E-state index contributed by atoms with van der Waals surface area (Å²) in [7, 11) is 0. The number of nitrogens with zero attached hydrogens (tertiary/aromatic N) is 3. The van der Waals surface area contributed by atoms with E-state index in [1.165, 1.54) is 25.7 Å². The number of hydrogen-bond donors (Lipinski definition) is 0. The van der Waals surface area contributed by atoms with Gasteiger partial charge in [0, 0.05) is 42.1 Å². The lowest BCUT2D eigenvalue weighted by Gasteiger charge is -2.10. The molecule has 0 saturated carbocycles. The molecule has 0 aliphatic rings. The molecule has 0 spiro atoms. The Morgan fingerprint density at radius 3 is 1.84 bits per heavy atom. The van der Waals surface area contributed by atoms with Gasteiger partial charge in [0.15, 0.2) is 17.5 Å². The van der Waals surface area contributed by atoms with Crippen LogP contribution in [0.15, 0.2) is 168 Å². The van der Waals surface area contributed by atoms with Gasteiger partial charge in [-0.25, -0.2) is 15.0 Å². The van der Waals surface area contributed by atoms with Crippen LogP contribution >= 0.6 is 11.3 Å². The van der Waals surface area contributed by atoms with Crippen molar-refractivity contribution in [2.45, 2.75) is 0 Å². The van der Waals surface area contributed by atoms with E-state index in [-0.39, 0.29) is 0 Å². The highest BCUT2D eigenvalue weighted by Gasteiger charge is 2.19. The standard InChI is InChI=1S/C45H27N3OS/c1-3-12-28(13-4-1)30-16-9-17-32(26-30)44-46-43(29-14-5-2-6-15-29)47-45(48-44)37-22-11-20-35-38-27-31(24-25-39(38)49-41(35)37)33-19-10-21-36-34-18-7-8-23-40(34)50-42(33)36/h1-27H. The maximum absolute atomic E-state index is 6.63. The molecular weight excluding hydrogens is 631 g/mol. The Morgan fingerprint density at radius 1 is 0.380 bits per heavy atom. The van der Waals surface area contributed by atoms with Crippen molar-refractivity contribution in [2.24, 2.45) is 0 Å². The van der Waals surface area contributed by atoms with Crippen LogP contribution in [0.2, 0.25) is 0 Å². The molecule has 7 aromatic carbocycles. The summed E-state index contributed by atoms with van der Waals surface area (Å²) in [6, 6.07) is 56.8. The quantitative estimate of drug-likeness (QED) is 0.185. The van der Waals surface area contributed by atoms with Gasteiger partial charge >= 0.3 is 0 Å². The average Bonchev–Trinajstić information content (AvgIpc) is 3.77. The number of thiophene rings is 1. The lowest BCUT2D eigenvalue weighted by molar-refractivity contribution is 0.669. The van der Waals surface area contributed by atoms with Crippen LogP contribution in [0.25, 0.3) is 98.5 Å². The van der Waals surface area contributed by atoms with Gasteiger partial charge in [0.05, 0.1) is 5.56 Å². The van der Waals surface area contributed by atoms with Crippen molar-refractivity contribution < 1.29 is 4.42 Å². The van der Waals surface area contributed by atoms with E-state index >= 15 is 0 Å². The minimum Gasteiger partial charge on any atom is -0.455 e. The second kappa shape index (κ2) is 11.6. The third-order valence-corrected chi connectivity index (χ3v) is 10.6. The largest absolute Gasteiger partial charge is 0.455 e. The maximum Gasteiger partial charge on any atom is 0.167 e. The minimum absolute atomic E-state index is 0.568. The molecule has 0 amide bonds. The zero-order valence-corrected chi connectivity index (χ0v) is 27.6. The predicted molar refractivity (Wildman–Crippen MR) is 207 cm³/mol. The van der Waals surface area contributed by atoms with E-state index in [0.717, 1.165) is 55.3 Å². The number of rotatable bonds is 5. The lowest BCUT2D eigenvalue weighted by Crippen LogP contribution is -2.00. The van der Waals surface area contributed by atoms with Crippen molar-refractivity contribution in [1.29, 1.82) is 0 Å². The normalized spacial score (nSPS) is 11.6. The number of para-hydroxylation sites is 1. The molecule has 10 aromatic rings. The molecule has 0 aliphatic heterocycles. The highest BCUT2D eigenvalue weighted by atomic mass is 32.1. The van der Waals surface area contributed by atoms with Gasteiger partial charge in [-0.2, -0.15) is 0 Å². The van der Waals surface area contributed by atoms with E-state index in [0.29, 0.717) is 17.5 Å². The molecule has 0 bridgehead atoms. The molecule has 50 heavy (non-hydrogen) atoms. The molecule has 3 aromatic heterocycles. The Morgan fingerprint density at radius 2 is 1.00 bits per heavy atom. The first-order valence-electron chi connectivity index (χ1n) is 16.6. The Balaban J connectivity index is 1.14. The van der Waals surface area contributed by atoms with Crippen LogP contribution < -0.4 is 0 Å². The van der Waals surface area contributed by atoms with Gasteiger partial charge in [0.1, 0.15) is 11.2 Å². The second-order valence-electron chi connectivity index (χ2n) is 12.4. The highest BCUT2D eigenvalue weighted by Crippen LogP contribution is 2.42. The number of hydrogen-bond acceptors (Lipinski definition) is 5. The number of furan rings is 1. The summed E-state index contributed by atoms with van der Waals surface area (Å²) >= 11 is 1.85. The molecule has 0 fully saturated rings. The molecule has 10 rings (SSSR count). The third kappa shape index (κ3) is 4.79. The molecule has 0 N–H and O–H groups in total. The monoisotopic (exact) mass is 657 g/mol. The topological polar surface area (TPSA) is 51.8 Å². The summed E-state index contributed by atoms with van der Waals surface area (Å²) in [5, 5.41) is 4.67. The smallest absolute Gasteiger partial charge is 0.167 e. The Labute approximate surface area is 292 Å². The molecule has 4 nitrogen and oxygen atoms in total. The van der Waals surface area contributed by atoms with E-state index in [4.69, 9.17) is 19.4 Å². The van der Waals surface area contributed by atoms with Crippen LogP contribution in [0.1, 0.15) is 0 Å². The summed E-state index contributed by atoms with van der Waals surface area (Å²) in [5.74, 6) is 1.79. The molecule has 0 atom stereocenters. The van der Waals surface area contributed by atoms with E-state index in [1.54, 1.807) is 0 Å². The van der Waals surface area contributed by atoms with Gasteiger partial charge in [-0.15, -0.1) is 11.3 Å². The summed E-state index contributed by atoms with van der Waals surface area (Å²) in [6.45, 7) is 0. The molecule has 0 radical (unpaired) electrons. The zero-order chi connectivity index (χ0) is 33.0. The van der Waals surface area contributed by atoms with Crippen LogP contribution in [-0.4, -0.2) is 15.0 Å². The van der Waals surface area contributed by atoms with Gasteiger partial charge < -0.3 is 4.42 Å². The molecule has 0 aliphatic carbocycles. The van der Waals surface area contributed by atoms with E-state index in [1.807, 2.05) is 53.8 Å². The van der Waals surface area contributed by atoms with Crippen LogP contribution in [0, 0.1) is 0 Å². The molecule has 3 heterocycles. The fraction of sp³-hybridized carbons (Fsp3) is 0. The average molecular weight is 658 g/mol. The minimum atomic E-state index is 0.568. The first-order valence-corrected chi connectivity index (χ1v) is 17.4. The first kappa shape index (κ1) is 28.6. The number of fused-ring (bicyclic) bond motifs is 6. The summed E-state index contributed by atoms with van der Waals surface area (Å²) < 4.78 is 9.23. The van der Waals surface area contributed by atoms with Crippen molar-refractivity contribution in [3.05, 3.63) is 164 Å². The van der Waals surface area contributed by atoms with Crippen molar-refractivity contribution in [3.8, 4) is 56.4 Å². The zero-order valence-electron chi connectivity index (χ0n) is 26.7.